The molecule has 0 aliphatic carbocycles. The number of benzene rings is 2. The number of thiazole rings is 1. The maximum atomic E-state index is 12.9. The molecular formula is C22H21N3O2S. The number of hydrogen-bond donors (Lipinski definition) is 0. The second kappa shape index (κ2) is 7.56. The van der Waals surface area contributed by atoms with E-state index in [4.69, 9.17) is 0 Å². The van der Waals surface area contributed by atoms with Crippen molar-refractivity contribution in [2.45, 2.75) is 25.9 Å². The number of carbonyl (C=O) groups is 2. The van der Waals surface area contributed by atoms with Crippen molar-refractivity contribution in [2.24, 2.45) is 0 Å². The minimum absolute atomic E-state index is 0.0133. The lowest BCUT2D eigenvalue weighted by atomic mass is 9.93. The zero-order valence-electron chi connectivity index (χ0n) is 15.8. The third kappa shape index (κ3) is 3.55. The molecule has 0 saturated carbocycles. The van der Waals surface area contributed by atoms with E-state index in [9.17, 15) is 9.59 Å². The smallest absolute Gasteiger partial charge is 0.225 e. The Kier molecular flexibility index (Phi) is 4.96. The molecule has 0 fully saturated rings. The van der Waals surface area contributed by atoms with Crippen LogP contribution in [-0.4, -0.2) is 33.6 Å². The van der Waals surface area contributed by atoms with Crippen LogP contribution >= 0.6 is 11.3 Å². The highest BCUT2D eigenvalue weighted by Gasteiger charge is 2.29. The second-order valence-electron chi connectivity index (χ2n) is 6.92. The lowest BCUT2D eigenvalue weighted by molar-refractivity contribution is -0.134. The van der Waals surface area contributed by atoms with E-state index in [0.29, 0.717) is 6.54 Å². The maximum Gasteiger partial charge on any atom is 0.225 e. The number of hydrogen-bond acceptors (Lipinski definition) is 4. The second-order valence-corrected chi connectivity index (χ2v) is 8.03. The molecule has 0 radical (unpaired) electrons. The Labute approximate surface area is 167 Å². The molecule has 1 aliphatic rings. The van der Waals surface area contributed by atoms with Crippen molar-refractivity contribution >= 4 is 39.4 Å². The van der Waals surface area contributed by atoms with Crippen molar-refractivity contribution in [3.05, 3.63) is 70.9 Å². The summed E-state index contributed by atoms with van der Waals surface area (Å²) in [6, 6.07) is 15.6. The summed E-state index contributed by atoms with van der Waals surface area (Å²) in [6.07, 6.45) is 3.93. The van der Waals surface area contributed by atoms with Crippen LogP contribution in [-0.2, 0) is 16.1 Å². The van der Waals surface area contributed by atoms with Crippen LogP contribution in [0.2, 0.25) is 0 Å². The molecule has 28 heavy (non-hydrogen) atoms. The van der Waals surface area contributed by atoms with Gasteiger partial charge in [0.2, 0.25) is 11.8 Å². The molecule has 6 heteroatoms. The normalized spacial score (nSPS) is 15.5. The predicted octanol–water partition coefficient (Wildman–Crippen LogP) is 4.22. The van der Waals surface area contributed by atoms with Crippen LogP contribution < -0.4 is 0 Å². The number of nitrogens with zero attached hydrogens (tertiary/aromatic N) is 3. The summed E-state index contributed by atoms with van der Waals surface area (Å²) in [7, 11) is 1.79. The summed E-state index contributed by atoms with van der Waals surface area (Å²) in [5.41, 5.74) is 3.01. The predicted molar refractivity (Wildman–Crippen MR) is 111 cm³/mol. The van der Waals surface area contributed by atoms with E-state index in [1.54, 1.807) is 34.4 Å². The van der Waals surface area contributed by atoms with Crippen molar-refractivity contribution in [1.82, 2.24) is 14.8 Å². The van der Waals surface area contributed by atoms with Crippen LogP contribution in [0.3, 0.4) is 0 Å². The maximum absolute atomic E-state index is 12.9. The molecule has 0 spiro atoms. The van der Waals surface area contributed by atoms with Gasteiger partial charge in [0, 0.05) is 20.2 Å². The van der Waals surface area contributed by atoms with E-state index in [0.717, 1.165) is 26.4 Å². The Morgan fingerprint density at radius 2 is 1.89 bits per heavy atom. The highest BCUT2D eigenvalue weighted by atomic mass is 32.1. The van der Waals surface area contributed by atoms with Crippen LogP contribution in [0.5, 0.6) is 0 Å². The van der Waals surface area contributed by atoms with Crippen molar-refractivity contribution in [3.63, 3.8) is 0 Å². The van der Waals surface area contributed by atoms with Crippen molar-refractivity contribution in [2.75, 3.05) is 7.05 Å². The molecule has 1 atom stereocenters. The van der Waals surface area contributed by atoms with Gasteiger partial charge in [-0.25, -0.2) is 4.98 Å². The number of aromatic nitrogens is 1. The van der Waals surface area contributed by atoms with Gasteiger partial charge in [-0.1, -0.05) is 36.4 Å². The molecule has 2 heterocycles. The molecule has 5 nitrogen and oxygen atoms in total. The van der Waals surface area contributed by atoms with Gasteiger partial charge in [0.15, 0.2) is 0 Å². The van der Waals surface area contributed by atoms with Gasteiger partial charge in [0.05, 0.1) is 29.2 Å². The van der Waals surface area contributed by atoms with Crippen LogP contribution in [0, 0.1) is 0 Å². The summed E-state index contributed by atoms with van der Waals surface area (Å²) in [5, 5.41) is 0.907. The highest BCUT2D eigenvalue weighted by Crippen LogP contribution is 2.33. The molecule has 0 saturated heterocycles. The van der Waals surface area contributed by atoms with Crippen molar-refractivity contribution < 1.29 is 9.59 Å². The van der Waals surface area contributed by atoms with Gasteiger partial charge in [0.1, 0.15) is 5.01 Å². The Morgan fingerprint density at radius 1 is 1.14 bits per heavy atom. The van der Waals surface area contributed by atoms with Crippen molar-refractivity contribution in [1.29, 1.82) is 0 Å². The largest absolute Gasteiger partial charge is 0.339 e. The fraction of sp³-hybridized carbons (Fsp3) is 0.227. The van der Waals surface area contributed by atoms with Crippen LogP contribution in [0.15, 0.2) is 54.7 Å². The van der Waals surface area contributed by atoms with Gasteiger partial charge in [-0.3, -0.25) is 9.59 Å². The Balaban J connectivity index is 1.52. The quantitative estimate of drug-likeness (QED) is 0.669. The fourth-order valence-corrected chi connectivity index (χ4v) is 4.53. The molecule has 0 unspecified atom stereocenters. The van der Waals surface area contributed by atoms with Gasteiger partial charge >= 0.3 is 0 Å². The van der Waals surface area contributed by atoms with Crippen LogP contribution in [0.25, 0.3) is 16.3 Å². The molecule has 142 valence electrons. The number of fused-ring (bicyclic) bond motifs is 2. The Bertz CT molecular complexity index is 1040. The SMILES string of the molecule is CC(=O)N1C=Cc2ccccc2[C@@H]1CC(=O)N(C)Cc1nc2ccccc2s1. The molecule has 1 aromatic heterocycles. The average Bonchev–Trinajstić information content (AvgIpc) is 3.10. The fourth-order valence-electron chi connectivity index (χ4n) is 3.51. The number of para-hydroxylation sites is 1. The number of amides is 2. The third-order valence-electron chi connectivity index (χ3n) is 4.97. The van der Waals surface area contributed by atoms with E-state index < -0.39 is 0 Å². The van der Waals surface area contributed by atoms with Gasteiger partial charge in [0.25, 0.3) is 0 Å². The molecular weight excluding hydrogens is 370 g/mol. The summed E-state index contributed by atoms with van der Waals surface area (Å²) in [4.78, 5) is 33.0. The number of carbonyl (C=O) groups excluding carboxylic acids is 2. The molecule has 2 aromatic carbocycles. The lowest BCUT2D eigenvalue weighted by Crippen LogP contribution is -2.35. The lowest BCUT2D eigenvalue weighted by Gasteiger charge is -2.33. The van der Waals surface area contributed by atoms with Gasteiger partial charge < -0.3 is 9.80 Å². The van der Waals surface area contributed by atoms with Crippen LogP contribution in [0.1, 0.15) is 35.5 Å². The first kappa shape index (κ1) is 18.4. The molecule has 4 rings (SSSR count). The first-order valence-electron chi connectivity index (χ1n) is 9.17. The van der Waals surface area contributed by atoms with Gasteiger partial charge in [-0.15, -0.1) is 11.3 Å². The Hall–Kier alpha value is -2.99. The van der Waals surface area contributed by atoms with Gasteiger partial charge in [-0.2, -0.15) is 0 Å². The van der Waals surface area contributed by atoms with Crippen molar-refractivity contribution in [3.8, 4) is 0 Å². The molecule has 0 bridgehead atoms. The summed E-state index contributed by atoms with van der Waals surface area (Å²) in [5.74, 6) is -0.0852. The first-order chi connectivity index (χ1) is 13.5. The zero-order valence-corrected chi connectivity index (χ0v) is 16.6. The standard InChI is InChI=1S/C22H21N3O2S/c1-15(26)25-12-11-16-7-3-4-8-17(16)19(25)13-22(27)24(2)14-21-23-18-9-5-6-10-20(18)28-21/h3-12,19H,13-14H2,1-2H3/t19-/m0/s1. The molecule has 2 amide bonds. The topological polar surface area (TPSA) is 53.5 Å². The molecule has 3 aromatic rings. The molecule has 0 N–H and O–H groups in total. The Morgan fingerprint density at radius 3 is 2.68 bits per heavy atom. The van der Waals surface area contributed by atoms with E-state index in [1.165, 1.54) is 6.92 Å². The van der Waals surface area contributed by atoms with E-state index in [-0.39, 0.29) is 24.3 Å². The molecule has 1 aliphatic heterocycles. The summed E-state index contributed by atoms with van der Waals surface area (Å²) in [6.45, 7) is 1.99. The minimum Gasteiger partial charge on any atom is -0.339 e. The highest BCUT2D eigenvalue weighted by molar-refractivity contribution is 7.18. The van der Waals surface area contributed by atoms with Crippen LogP contribution in [0.4, 0.5) is 0 Å². The van der Waals surface area contributed by atoms with E-state index in [1.807, 2.05) is 54.6 Å². The summed E-state index contributed by atoms with van der Waals surface area (Å²) < 4.78 is 1.12. The minimum atomic E-state index is -0.288. The average molecular weight is 391 g/mol. The van der Waals surface area contributed by atoms with Gasteiger partial charge in [-0.05, 0) is 29.3 Å². The zero-order chi connectivity index (χ0) is 19.7. The first-order valence-corrected chi connectivity index (χ1v) is 9.99. The number of rotatable bonds is 4. The third-order valence-corrected chi connectivity index (χ3v) is 5.99. The monoisotopic (exact) mass is 391 g/mol. The van der Waals surface area contributed by atoms with E-state index >= 15 is 0 Å². The van der Waals surface area contributed by atoms with E-state index in [2.05, 4.69) is 4.98 Å². The summed E-state index contributed by atoms with van der Waals surface area (Å²) >= 11 is 1.60.